The largest absolute Gasteiger partial charge is 0.507 e. The zero-order valence-corrected chi connectivity index (χ0v) is 12.5. The molecule has 0 bridgehead atoms. The standard InChI is InChI=1S/C13H18INO2/c1-4-11(8(2)3)15-13(17)9-5-6-10(14)12(16)7-9/h5-8,11,16H,4H2,1-3H3,(H,15,17). The number of amides is 1. The van der Waals surface area contributed by atoms with Gasteiger partial charge in [-0.05, 0) is 53.1 Å². The van der Waals surface area contributed by atoms with Gasteiger partial charge in [-0.2, -0.15) is 0 Å². The zero-order valence-electron chi connectivity index (χ0n) is 10.3. The minimum Gasteiger partial charge on any atom is -0.507 e. The van der Waals surface area contributed by atoms with Crippen LogP contribution in [0.3, 0.4) is 0 Å². The maximum absolute atomic E-state index is 12.0. The number of rotatable bonds is 4. The summed E-state index contributed by atoms with van der Waals surface area (Å²) in [6.07, 6.45) is 0.903. The van der Waals surface area contributed by atoms with Gasteiger partial charge in [0, 0.05) is 11.6 Å². The first kappa shape index (κ1) is 14.3. The summed E-state index contributed by atoms with van der Waals surface area (Å²) in [7, 11) is 0. The van der Waals surface area contributed by atoms with Crippen molar-refractivity contribution in [3.63, 3.8) is 0 Å². The van der Waals surface area contributed by atoms with E-state index in [1.54, 1.807) is 12.1 Å². The van der Waals surface area contributed by atoms with Crippen molar-refractivity contribution in [2.24, 2.45) is 5.92 Å². The van der Waals surface area contributed by atoms with Crippen molar-refractivity contribution in [3.8, 4) is 5.75 Å². The van der Waals surface area contributed by atoms with Crippen molar-refractivity contribution >= 4 is 28.5 Å². The molecule has 94 valence electrons. The molecule has 1 rings (SSSR count). The van der Waals surface area contributed by atoms with Gasteiger partial charge in [-0.1, -0.05) is 20.8 Å². The summed E-state index contributed by atoms with van der Waals surface area (Å²) in [6.45, 7) is 6.22. The highest BCUT2D eigenvalue weighted by Gasteiger charge is 2.15. The molecule has 0 aliphatic carbocycles. The molecule has 0 aromatic heterocycles. The molecule has 0 saturated heterocycles. The van der Waals surface area contributed by atoms with Crippen molar-refractivity contribution < 1.29 is 9.90 Å². The maximum Gasteiger partial charge on any atom is 0.251 e. The average molecular weight is 347 g/mol. The number of hydrogen-bond donors (Lipinski definition) is 2. The summed E-state index contributed by atoms with van der Waals surface area (Å²) in [4.78, 5) is 12.0. The van der Waals surface area contributed by atoms with Crippen LogP contribution < -0.4 is 5.32 Å². The second kappa shape index (κ2) is 6.23. The normalized spacial score (nSPS) is 12.5. The van der Waals surface area contributed by atoms with Gasteiger partial charge in [-0.25, -0.2) is 0 Å². The SMILES string of the molecule is CCC(NC(=O)c1ccc(I)c(O)c1)C(C)C. The van der Waals surface area contributed by atoms with Crippen molar-refractivity contribution in [2.45, 2.75) is 33.2 Å². The summed E-state index contributed by atoms with van der Waals surface area (Å²) < 4.78 is 0.745. The molecule has 0 saturated carbocycles. The van der Waals surface area contributed by atoms with Crippen LogP contribution in [0.2, 0.25) is 0 Å². The summed E-state index contributed by atoms with van der Waals surface area (Å²) in [5.41, 5.74) is 0.502. The first-order valence-electron chi connectivity index (χ1n) is 5.75. The van der Waals surface area contributed by atoms with E-state index >= 15 is 0 Å². The number of aromatic hydroxyl groups is 1. The quantitative estimate of drug-likeness (QED) is 0.822. The maximum atomic E-state index is 12.0. The van der Waals surface area contributed by atoms with Gasteiger partial charge in [0.2, 0.25) is 0 Å². The molecular formula is C13H18INO2. The Morgan fingerprint density at radius 1 is 1.47 bits per heavy atom. The van der Waals surface area contributed by atoms with Gasteiger partial charge in [0.15, 0.2) is 0 Å². The van der Waals surface area contributed by atoms with E-state index in [4.69, 9.17) is 0 Å². The van der Waals surface area contributed by atoms with E-state index in [-0.39, 0.29) is 17.7 Å². The monoisotopic (exact) mass is 347 g/mol. The number of halogens is 1. The van der Waals surface area contributed by atoms with Crippen LogP contribution in [0, 0.1) is 9.49 Å². The van der Waals surface area contributed by atoms with Crippen LogP contribution in [0.15, 0.2) is 18.2 Å². The van der Waals surface area contributed by atoms with Gasteiger partial charge in [0.05, 0.1) is 3.57 Å². The van der Waals surface area contributed by atoms with Crippen LogP contribution >= 0.6 is 22.6 Å². The van der Waals surface area contributed by atoms with Gasteiger partial charge >= 0.3 is 0 Å². The van der Waals surface area contributed by atoms with Gasteiger partial charge in [-0.3, -0.25) is 4.79 Å². The lowest BCUT2D eigenvalue weighted by Gasteiger charge is -2.20. The van der Waals surface area contributed by atoms with Gasteiger partial charge in [-0.15, -0.1) is 0 Å². The van der Waals surface area contributed by atoms with Crippen LogP contribution in [0.1, 0.15) is 37.6 Å². The van der Waals surface area contributed by atoms with Gasteiger partial charge in [0.1, 0.15) is 5.75 Å². The Kier molecular flexibility index (Phi) is 5.24. The molecule has 0 spiro atoms. The summed E-state index contributed by atoms with van der Waals surface area (Å²) >= 11 is 2.03. The second-order valence-corrected chi connectivity index (χ2v) is 5.56. The van der Waals surface area contributed by atoms with Gasteiger partial charge < -0.3 is 10.4 Å². The zero-order chi connectivity index (χ0) is 13.0. The summed E-state index contributed by atoms with van der Waals surface area (Å²) in [6, 6.07) is 5.14. The van der Waals surface area contributed by atoms with Crippen LogP contribution in [0.5, 0.6) is 5.75 Å². The minimum atomic E-state index is -0.128. The van der Waals surface area contributed by atoms with E-state index in [0.29, 0.717) is 11.5 Å². The third-order valence-electron chi connectivity index (χ3n) is 2.77. The molecule has 1 amide bonds. The molecule has 0 radical (unpaired) electrons. The summed E-state index contributed by atoms with van der Waals surface area (Å²) in [5.74, 6) is 0.425. The molecule has 4 heteroatoms. The lowest BCUT2D eigenvalue weighted by molar-refractivity contribution is 0.0924. The molecule has 1 aromatic carbocycles. The van der Waals surface area contributed by atoms with Crippen molar-refractivity contribution in [3.05, 3.63) is 27.3 Å². The number of nitrogens with one attached hydrogen (secondary N) is 1. The highest BCUT2D eigenvalue weighted by Crippen LogP contribution is 2.20. The molecule has 3 nitrogen and oxygen atoms in total. The second-order valence-electron chi connectivity index (χ2n) is 4.40. The van der Waals surface area contributed by atoms with E-state index in [2.05, 4.69) is 26.1 Å². The fraction of sp³-hybridized carbons (Fsp3) is 0.462. The van der Waals surface area contributed by atoms with E-state index in [0.717, 1.165) is 9.99 Å². The number of phenols is 1. The number of hydrogen-bond acceptors (Lipinski definition) is 2. The van der Waals surface area contributed by atoms with Crippen molar-refractivity contribution in [1.29, 1.82) is 0 Å². The number of benzene rings is 1. The Hall–Kier alpha value is -0.780. The topological polar surface area (TPSA) is 49.3 Å². The number of phenolic OH excluding ortho intramolecular Hbond substituents is 1. The molecule has 1 aromatic rings. The van der Waals surface area contributed by atoms with E-state index in [1.807, 2.05) is 22.6 Å². The van der Waals surface area contributed by atoms with Crippen molar-refractivity contribution in [1.82, 2.24) is 5.32 Å². The molecule has 1 atom stereocenters. The first-order chi connectivity index (χ1) is 7.95. The highest BCUT2D eigenvalue weighted by atomic mass is 127. The Morgan fingerprint density at radius 3 is 2.59 bits per heavy atom. The fourth-order valence-corrected chi connectivity index (χ4v) is 1.98. The predicted octanol–water partition coefficient (Wildman–Crippen LogP) is 3.16. The van der Waals surface area contributed by atoms with Crippen LogP contribution in [-0.4, -0.2) is 17.1 Å². The fourth-order valence-electron chi connectivity index (χ4n) is 1.65. The molecule has 0 aliphatic heterocycles. The predicted molar refractivity (Wildman–Crippen MR) is 77.2 cm³/mol. The molecule has 0 fully saturated rings. The van der Waals surface area contributed by atoms with Crippen LogP contribution in [0.25, 0.3) is 0 Å². The third-order valence-corrected chi connectivity index (χ3v) is 3.68. The first-order valence-corrected chi connectivity index (χ1v) is 6.83. The van der Waals surface area contributed by atoms with Crippen LogP contribution in [0.4, 0.5) is 0 Å². The smallest absolute Gasteiger partial charge is 0.251 e. The molecule has 2 N–H and O–H groups in total. The molecule has 0 aliphatic rings. The van der Waals surface area contributed by atoms with Crippen molar-refractivity contribution in [2.75, 3.05) is 0 Å². The lowest BCUT2D eigenvalue weighted by Crippen LogP contribution is -2.37. The lowest BCUT2D eigenvalue weighted by atomic mass is 10.0. The van der Waals surface area contributed by atoms with Crippen LogP contribution in [-0.2, 0) is 0 Å². The molecular weight excluding hydrogens is 329 g/mol. The third kappa shape index (κ3) is 3.87. The average Bonchev–Trinajstić information content (AvgIpc) is 2.28. The van der Waals surface area contributed by atoms with E-state index in [9.17, 15) is 9.90 Å². The molecule has 0 heterocycles. The Labute approximate surface area is 116 Å². The Balaban J connectivity index is 2.79. The molecule has 1 unspecified atom stereocenters. The number of carbonyl (C=O) groups excluding carboxylic acids is 1. The van der Waals surface area contributed by atoms with E-state index in [1.165, 1.54) is 6.07 Å². The number of carbonyl (C=O) groups is 1. The Bertz CT molecular complexity index is 404. The highest BCUT2D eigenvalue weighted by molar-refractivity contribution is 14.1. The molecule has 17 heavy (non-hydrogen) atoms. The Morgan fingerprint density at radius 2 is 2.12 bits per heavy atom. The summed E-state index contributed by atoms with van der Waals surface area (Å²) in [5, 5.41) is 12.5. The minimum absolute atomic E-state index is 0.128. The van der Waals surface area contributed by atoms with Gasteiger partial charge in [0.25, 0.3) is 5.91 Å². The van der Waals surface area contributed by atoms with E-state index < -0.39 is 0 Å².